The van der Waals surface area contributed by atoms with Crippen molar-refractivity contribution in [3.63, 3.8) is 0 Å². The molecule has 2 aromatic heterocycles. The first-order valence-corrected chi connectivity index (χ1v) is 12.6. The van der Waals surface area contributed by atoms with Crippen molar-refractivity contribution in [1.82, 2.24) is 24.7 Å². The molecule has 9 heteroatoms. The summed E-state index contributed by atoms with van der Waals surface area (Å²) < 4.78 is 7.31. The lowest BCUT2D eigenvalue weighted by Crippen LogP contribution is -2.36. The van der Waals surface area contributed by atoms with Gasteiger partial charge in [-0.3, -0.25) is 0 Å². The van der Waals surface area contributed by atoms with Gasteiger partial charge in [-0.1, -0.05) is 12.1 Å². The zero-order valence-corrected chi connectivity index (χ0v) is 20.3. The third kappa shape index (κ3) is 5.01. The average molecular weight is 483 g/mol. The minimum atomic E-state index is 0.560. The van der Waals surface area contributed by atoms with E-state index in [1.165, 1.54) is 24.9 Å². The monoisotopic (exact) mass is 482 g/mol. The van der Waals surface area contributed by atoms with Crippen molar-refractivity contribution in [1.29, 1.82) is 0 Å². The van der Waals surface area contributed by atoms with Crippen LogP contribution in [-0.4, -0.2) is 64.1 Å². The predicted molar refractivity (Wildman–Crippen MR) is 141 cm³/mol. The molecule has 2 aromatic carbocycles. The summed E-state index contributed by atoms with van der Waals surface area (Å²) in [6.45, 7) is 5.41. The molecule has 184 valence electrons. The molecule has 4 heterocycles. The Hall–Kier alpha value is -3.98. The van der Waals surface area contributed by atoms with Crippen molar-refractivity contribution in [2.45, 2.75) is 19.3 Å². The van der Waals surface area contributed by atoms with Gasteiger partial charge in [0, 0.05) is 49.3 Å². The van der Waals surface area contributed by atoms with E-state index in [4.69, 9.17) is 9.72 Å². The molecule has 1 N–H and O–H groups in total. The summed E-state index contributed by atoms with van der Waals surface area (Å²) in [6, 6.07) is 18.5. The lowest BCUT2D eigenvalue weighted by Gasteiger charge is -2.29. The highest BCUT2D eigenvalue weighted by molar-refractivity contribution is 5.67. The van der Waals surface area contributed by atoms with Crippen LogP contribution in [0.1, 0.15) is 19.3 Å². The Bertz CT molecular complexity index is 1290. The molecule has 0 atom stereocenters. The molecule has 2 aliphatic rings. The first-order chi connectivity index (χ1) is 17.8. The molecule has 0 saturated carbocycles. The van der Waals surface area contributed by atoms with E-state index < -0.39 is 0 Å². The number of morpholine rings is 1. The number of piperidine rings is 1. The summed E-state index contributed by atoms with van der Waals surface area (Å²) in [7, 11) is 0. The molecule has 0 radical (unpaired) electrons. The first-order valence-electron chi connectivity index (χ1n) is 12.6. The third-order valence-electron chi connectivity index (χ3n) is 6.68. The minimum Gasteiger partial charge on any atom is -0.378 e. The van der Waals surface area contributed by atoms with Gasteiger partial charge in [0.1, 0.15) is 6.33 Å². The van der Waals surface area contributed by atoms with Crippen molar-refractivity contribution >= 4 is 23.3 Å². The molecule has 2 aliphatic heterocycles. The molecular formula is C27H30N8O. The van der Waals surface area contributed by atoms with Crippen LogP contribution in [0.15, 0.2) is 67.1 Å². The van der Waals surface area contributed by atoms with E-state index in [1.807, 2.05) is 35.0 Å². The lowest BCUT2D eigenvalue weighted by molar-refractivity contribution is 0.122. The quantitative estimate of drug-likeness (QED) is 0.436. The van der Waals surface area contributed by atoms with Crippen LogP contribution in [0, 0.1) is 0 Å². The second-order valence-corrected chi connectivity index (χ2v) is 9.12. The van der Waals surface area contributed by atoms with Gasteiger partial charge in [0.15, 0.2) is 0 Å². The van der Waals surface area contributed by atoms with Gasteiger partial charge in [-0.2, -0.15) is 4.98 Å². The maximum absolute atomic E-state index is 5.49. The van der Waals surface area contributed by atoms with Crippen LogP contribution in [0.5, 0.6) is 0 Å². The van der Waals surface area contributed by atoms with Crippen molar-refractivity contribution in [3.05, 3.63) is 67.1 Å². The van der Waals surface area contributed by atoms with Crippen molar-refractivity contribution < 1.29 is 4.74 Å². The standard InChI is InChI=1S/C27H30N8O/c1-2-13-34(14-3-1)27-29-20-35(32-27)23-9-7-22(8-10-23)30-26-28-12-11-25(31-26)21-5-4-6-24(19-21)33-15-17-36-18-16-33/h4-12,19-20H,1-3,13-18H2,(H,28,30,31). The Morgan fingerprint density at radius 2 is 1.61 bits per heavy atom. The highest BCUT2D eigenvalue weighted by atomic mass is 16.5. The van der Waals surface area contributed by atoms with Crippen LogP contribution < -0.4 is 15.1 Å². The normalized spacial score (nSPS) is 16.2. The fourth-order valence-electron chi connectivity index (χ4n) is 4.71. The molecule has 0 bridgehead atoms. The maximum atomic E-state index is 5.49. The Labute approximate surface area is 210 Å². The second-order valence-electron chi connectivity index (χ2n) is 9.12. The van der Waals surface area contributed by atoms with E-state index in [-0.39, 0.29) is 0 Å². The molecule has 2 fully saturated rings. The van der Waals surface area contributed by atoms with Gasteiger partial charge in [-0.05, 0) is 61.7 Å². The van der Waals surface area contributed by atoms with E-state index >= 15 is 0 Å². The molecule has 0 amide bonds. The molecule has 4 aromatic rings. The van der Waals surface area contributed by atoms with Crippen molar-refractivity contribution in [3.8, 4) is 16.9 Å². The van der Waals surface area contributed by atoms with Gasteiger partial charge in [0.05, 0.1) is 24.6 Å². The van der Waals surface area contributed by atoms with Gasteiger partial charge in [0.2, 0.25) is 11.9 Å². The number of hydrogen-bond donors (Lipinski definition) is 1. The highest BCUT2D eigenvalue weighted by Crippen LogP contribution is 2.25. The van der Waals surface area contributed by atoms with Gasteiger partial charge in [0.25, 0.3) is 0 Å². The van der Waals surface area contributed by atoms with Crippen LogP contribution in [0.2, 0.25) is 0 Å². The van der Waals surface area contributed by atoms with Gasteiger partial charge >= 0.3 is 0 Å². The molecule has 0 aliphatic carbocycles. The van der Waals surface area contributed by atoms with Crippen LogP contribution >= 0.6 is 0 Å². The summed E-state index contributed by atoms with van der Waals surface area (Å²) in [5, 5.41) is 8.00. The fraction of sp³-hybridized carbons (Fsp3) is 0.333. The molecule has 0 unspecified atom stereocenters. The Morgan fingerprint density at radius 1 is 0.778 bits per heavy atom. The van der Waals surface area contributed by atoms with E-state index in [0.717, 1.165) is 68.0 Å². The summed E-state index contributed by atoms with van der Waals surface area (Å²) in [6.07, 6.45) is 7.27. The van der Waals surface area contributed by atoms with Crippen LogP contribution in [0.3, 0.4) is 0 Å². The summed E-state index contributed by atoms with van der Waals surface area (Å²) >= 11 is 0. The van der Waals surface area contributed by atoms with E-state index in [9.17, 15) is 0 Å². The summed E-state index contributed by atoms with van der Waals surface area (Å²) in [4.78, 5) is 18.3. The Morgan fingerprint density at radius 3 is 2.44 bits per heavy atom. The number of nitrogens with one attached hydrogen (secondary N) is 1. The molecule has 0 spiro atoms. The summed E-state index contributed by atoms with van der Waals surface area (Å²) in [5.74, 6) is 1.37. The highest BCUT2D eigenvalue weighted by Gasteiger charge is 2.15. The molecule has 9 nitrogen and oxygen atoms in total. The Balaban J connectivity index is 1.15. The van der Waals surface area contributed by atoms with Crippen LogP contribution in [-0.2, 0) is 4.74 Å². The second kappa shape index (κ2) is 10.3. The fourth-order valence-corrected chi connectivity index (χ4v) is 4.71. The molecule has 36 heavy (non-hydrogen) atoms. The smallest absolute Gasteiger partial charge is 0.245 e. The number of hydrogen-bond acceptors (Lipinski definition) is 8. The van der Waals surface area contributed by atoms with E-state index in [0.29, 0.717) is 5.95 Å². The number of rotatable bonds is 6. The van der Waals surface area contributed by atoms with Crippen LogP contribution in [0.4, 0.5) is 23.3 Å². The lowest BCUT2D eigenvalue weighted by atomic mass is 10.1. The number of ether oxygens (including phenoxy) is 1. The van der Waals surface area contributed by atoms with Gasteiger partial charge < -0.3 is 19.9 Å². The Kier molecular flexibility index (Phi) is 6.45. The number of benzene rings is 2. The number of anilines is 4. The van der Waals surface area contributed by atoms with Crippen LogP contribution in [0.25, 0.3) is 16.9 Å². The van der Waals surface area contributed by atoms with Gasteiger partial charge in [-0.25, -0.2) is 14.6 Å². The molecular weight excluding hydrogens is 452 g/mol. The minimum absolute atomic E-state index is 0.560. The van der Waals surface area contributed by atoms with Crippen molar-refractivity contribution in [2.75, 3.05) is 54.5 Å². The number of nitrogens with zero attached hydrogens (tertiary/aromatic N) is 7. The topological polar surface area (TPSA) is 84.2 Å². The van der Waals surface area contributed by atoms with E-state index in [1.54, 1.807) is 12.5 Å². The van der Waals surface area contributed by atoms with Gasteiger partial charge in [-0.15, -0.1) is 5.10 Å². The summed E-state index contributed by atoms with van der Waals surface area (Å²) in [5.41, 5.74) is 5.01. The van der Waals surface area contributed by atoms with Crippen molar-refractivity contribution in [2.24, 2.45) is 0 Å². The zero-order valence-electron chi connectivity index (χ0n) is 20.3. The predicted octanol–water partition coefficient (Wildman–Crippen LogP) is 4.29. The molecule has 6 rings (SSSR count). The third-order valence-corrected chi connectivity index (χ3v) is 6.68. The average Bonchev–Trinajstić information content (AvgIpc) is 3.45. The first kappa shape index (κ1) is 22.5. The number of aromatic nitrogens is 5. The zero-order chi connectivity index (χ0) is 24.2. The van der Waals surface area contributed by atoms with E-state index in [2.05, 4.69) is 54.4 Å². The largest absolute Gasteiger partial charge is 0.378 e. The molecule has 2 saturated heterocycles. The SMILES string of the molecule is c1cc(-c2ccnc(Nc3ccc(-n4cnc(N5CCCCC5)n4)cc3)n2)cc(N2CCOCC2)c1. The maximum Gasteiger partial charge on any atom is 0.245 e.